The molecule has 0 radical (unpaired) electrons. The molecule has 0 aliphatic rings. The van der Waals surface area contributed by atoms with Crippen LogP contribution in [0, 0.1) is 0 Å². The highest BCUT2D eigenvalue weighted by molar-refractivity contribution is 6.32. The number of ether oxygens (including phenoxy) is 2. The number of benzene rings is 3. The van der Waals surface area contributed by atoms with Crippen LogP contribution < -0.4 is 20.1 Å². The number of methoxy groups -OCH3 is 1. The standard InChI is InChI=1S/C22H21ClN2O3/c1-27-21-10-6-5-9-19(21)25-22(26)15-28-20-12-11-16(13-18(20)23)14-24-17-7-3-2-4-8-17/h2-13,24H,14-15H2,1H3,(H,25,26). The maximum Gasteiger partial charge on any atom is 0.262 e. The molecule has 0 aliphatic carbocycles. The van der Waals surface area contributed by atoms with E-state index >= 15 is 0 Å². The monoisotopic (exact) mass is 396 g/mol. The number of halogens is 1. The molecule has 0 aromatic heterocycles. The molecule has 0 heterocycles. The molecule has 3 aromatic rings. The van der Waals surface area contributed by atoms with Crippen LogP contribution in [0.4, 0.5) is 11.4 Å². The quantitative estimate of drug-likeness (QED) is 0.563. The van der Waals surface area contributed by atoms with E-state index in [-0.39, 0.29) is 12.5 Å². The van der Waals surface area contributed by atoms with Crippen LogP contribution in [0.15, 0.2) is 72.8 Å². The number of carbonyl (C=O) groups is 1. The summed E-state index contributed by atoms with van der Waals surface area (Å²) in [6, 6.07) is 22.6. The normalized spacial score (nSPS) is 10.2. The Kier molecular flexibility index (Phi) is 6.76. The van der Waals surface area contributed by atoms with Crippen LogP contribution in [0.1, 0.15) is 5.56 Å². The minimum Gasteiger partial charge on any atom is -0.495 e. The summed E-state index contributed by atoms with van der Waals surface area (Å²) < 4.78 is 10.8. The molecule has 0 aliphatic heterocycles. The first-order valence-corrected chi connectivity index (χ1v) is 9.16. The molecule has 0 saturated carbocycles. The summed E-state index contributed by atoms with van der Waals surface area (Å²) in [5, 5.41) is 6.54. The van der Waals surface area contributed by atoms with E-state index in [1.165, 1.54) is 0 Å². The van der Waals surface area contributed by atoms with Gasteiger partial charge in [-0.3, -0.25) is 4.79 Å². The SMILES string of the molecule is COc1ccccc1NC(=O)COc1ccc(CNc2ccccc2)cc1Cl. The highest BCUT2D eigenvalue weighted by atomic mass is 35.5. The Morgan fingerprint density at radius 3 is 2.46 bits per heavy atom. The van der Waals surface area contributed by atoms with E-state index in [9.17, 15) is 4.79 Å². The van der Waals surface area contributed by atoms with Gasteiger partial charge in [0.1, 0.15) is 11.5 Å². The van der Waals surface area contributed by atoms with Crippen molar-refractivity contribution in [2.45, 2.75) is 6.54 Å². The van der Waals surface area contributed by atoms with Crippen molar-refractivity contribution in [1.29, 1.82) is 0 Å². The first-order valence-electron chi connectivity index (χ1n) is 8.79. The Labute approximate surface area is 169 Å². The molecule has 1 amide bonds. The molecular formula is C22H21ClN2O3. The number of anilines is 2. The Balaban J connectivity index is 1.53. The van der Waals surface area contributed by atoms with Gasteiger partial charge in [-0.05, 0) is 42.0 Å². The summed E-state index contributed by atoms with van der Waals surface area (Å²) in [6.45, 7) is 0.484. The lowest BCUT2D eigenvalue weighted by molar-refractivity contribution is -0.118. The van der Waals surface area contributed by atoms with Crippen molar-refractivity contribution >= 4 is 28.9 Å². The van der Waals surface area contributed by atoms with Crippen LogP contribution in [0.2, 0.25) is 5.02 Å². The number of rotatable bonds is 8. The molecule has 5 nitrogen and oxygen atoms in total. The van der Waals surface area contributed by atoms with Crippen molar-refractivity contribution in [2.75, 3.05) is 24.4 Å². The van der Waals surface area contributed by atoms with E-state index in [4.69, 9.17) is 21.1 Å². The Morgan fingerprint density at radius 2 is 1.71 bits per heavy atom. The van der Waals surface area contributed by atoms with Gasteiger partial charge in [0.25, 0.3) is 5.91 Å². The van der Waals surface area contributed by atoms with Crippen LogP contribution in [0.3, 0.4) is 0 Å². The highest BCUT2D eigenvalue weighted by Crippen LogP contribution is 2.26. The number of para-hydroxylation sites is 3. The van der Waals surface area contributed by atoms with Crippen LogP contribution >= 0.6 is 11.6 Å². The zero-order valence-electron chi connectivity index (χ0n) is 15.4. The first kappa shape index (κ1) is 19.6. The van der Waals surface area contributed by atoms with Crippen LogP contribution in [0.5, 0.6) is 11.5 Å². The minimum absolute atomic E-state index is 0.153. The lowest BCUT2D eigenvalue weighted by atomic mass is 10.2. The smallest absolute Gasteiger partial charge is 0.262 e. The van der Waals surface area contributed by atoms with Crippen molar-refractivity contribution in [1.82, 2.24) is 0 Å². The first-order chi connectivity index (χ1) is 13.7. The molecule has 0 spiro atoms. The molecule has 144 valence electrons. The molecule has 6 heteroatoms. The molecular weight excluding hydrogens is 376 g/mol. The number of carbonyl (C=O) groups excluding carboxylic acids is 1. The van der Waals surface area contributed by atoms with Crippen LogP contribution in [-0.4, -0.2) is 19.6 Å². The Bertz CT molecular complexity index is 932. The van der Waals surface area contributed by atoms with Crippen LogP contribution in [-0.2, 0) is 11.3 Å². The maximum atomic E-state index is 12.1. The Morgan fingerprint density at radius 1 is 0.964 bits per heavy atom. The summed E-state index contributed by atoms with van der Waals surface area (Å²) in [5.74, 6) is 0.750. The predicted octanol–water partition coefficient (Wildman–Crippen LogP) is 4.98. The van der Waals surface area contributed by atoms with Gasteiger partial charge < -0.3 is 20.1 Å². The summed E-state index contributed by atoms with van der Waals surface area (Å²) in [6.07, 6.45) is 0. The highest BCUT2D eigenvalue weighted by Gasteiger charge is 2.09. The van der Waals surface area contributed by atoms with Gasteiger partial charge in [-0.15, -0.1) is 0 Å². The third-order valence-electron chi connectivity index (χ3n) is 4.01. The summed E-state index contributed by atoms with van der Waals surface area (Å²) >= 11 is 6.30. The summed E-state index contributed by atoms with van der Waals surface area (Å²) in [7, 11) is 1.55. The van der Waals surface area contributed by atoms with Gasteiger partial charge in [0.05, 0.1) is 17.8 Å². The van der Waals surface area contributed by atoms with E-state index in [0.29, 0.717) is 28.8 Å². The third-order valence-corrected chi connectivity index (χ3v) is 4.30. The lowest BCUT2D eigenvalue weighted by Gasteiger charge is -2.12. The molecule has 28 heavy (non-hydrogen) atoms. The van der Waals surface area contributed by atoms with Gasteiger partial charge >= 0.3 is 0 Å². The average molecular weight is 397 g/mol. The molecule has 0 bridgehead atoms. The molecule has 3 rings (SSSR count). The zero-order chi connectivity index (χ0) is 19.8. The van der Waals surface area contributed by atoms with Crippen molar-refractivity contribution < 1.29 is 14.3 Å². The molecule has 3 aromatic carbocycles. The molecule has 0 unspecified atom stereocenters. The zero-order valence-corrected chi connectivity index (χ0v) is 16.2. The fraction of sp³-hybridized carbons (Fsp3) is 0.136. The van der Waals surface area contributed by atoms with E-state index in [2.05, 4.69) is 10.6 Å². The van der Waals surface area contributed by atoms with Gasteiger partial charge in [-0.25, -0.2) is 0 Å². The second kappa shape index (κ2) is 9.67. The second-order valence-corrected chi connectivity index (χ2v) is 6.43. The third kappa shape index (κ3) is 5.41. The maximum absolute atomic E-state index is 12.1. The predicted molar refractivity (Wildman–Crippen MR) is 112 cm³/mol. The molecule has 0 fully saturated rings. The second-order valence-electron chi connectivity index (χ2n) is 6.02. The van der Waals surface area contributed by atoms with E-state index in [1.54, 1.807) is 25.3 Å². The van der Waals surface area contributed by atoms with Crippen LogP contribution in [0.25, 0.3) is 0 Å². The molecule has 2 N–H and O–H groups in total. The molecule has 0 atom stereocenters. The van der Waals surface area contributed by atoms with Crippen molar-refractivity contribution in [3.05, 3.63) is 83.4 Å². The average Bonchev–Trinajstić information content (AvgIpc) is 2.72. The fourth-order valence-electron chi connectivity index (χ4n) is 2.61. The van der Waals surface area contributed by atoms with E-state index in [0.717, 1.165) is 11.3 Å². The van der Waals surface area contributed by atoms with Crippen molar-refractivity contribution in [2.24, 2.45) is 0 Å². The van der Waals surface area contributed by atoms with Gasteiger partial charge in [0.15, 0.2) is 6.61 Å². The summed E-state index contributed by atoms with van der Waals surface area (Å²) in [4.78, 5) is 12.1. The van der Waals surface area contributed by atoms with Gasteiger partial charge in [-0.1, -0.05) is 48.0 Å². The van der Waals surface area contributed by atoms with E-state index in [1.807, 2.05) is 54.6 Å². The van der Waals surface area contributed by atoms with Gasteiger partial charge in [0.2, 0.25) is 0 Å². The number of hydrogen-bond acceptors (Lipinski definition) is 4. The Hall–Kier alpha value is -3.18. The minimum atomic E-state index is -0.296. The van der Waals surface area contributed by atoms with Crippen molar-refractivity contribution in [3.63, 3.8) is 0 Å². The number of nitrogens with one attached hydrogen (secondary N) is 2. The summed E-state index contributed by atoms with van der Waals surface area (Å²) in [5.41, 5.74) is 2.64. The topological polar surface area (TPSA) is 59.6 Å². The molecule has 0 saturated heterocycles. The van der Waals surface area contributed by atoms with Gasteiger partial charge in [0, 0.05) is 12.2 Å². The van der Waals surface area contributed by atoms with E-state index < -0.39 is 0 Å². The fourth-order valence-corrected chi connectivity index (χ4v) is 2.87. The largest absolute Gasteiger partial charge is 0.495 e. The van der Waals surface area contributed by atoms with Crippen molar-refractivity contribution in [3.8, 4) is 11.5 Å². The lowest BCUT2D eigenvalue weighted by Crippen LogP contribution is -2.20. The number of amides is 1. The number of hydrogen-bond donors (Lipinski definition) is 2. The van der Waals surface area contributed by atoms with Gasteiger partial charge in [-0.2, -0.15) is 0 Å².